The van der Waals surface area contributed by atoms with Gasteiger partial charge in [-0.25, -0.2) is 14.4 Å². The monoisotopic (exact) mass is 413 g/mol. The number of carboxylic acid groups (broad SMARTS) is 1. The lowest BCUT2D eigenvalue weighted by Gasteiger charge is -2.17. The van der Waals surface area contributed by atoms with E-state index < -0.39 is 17.9 Å². The van der Waals surface area contributed by atoms with Crippen LogP contribution in [0, 0.1) is 5.92 Å². The first-order valence-corrected chi connectivity index (χ1v) is 9.51. The van der Waals surface area contributed by atoms with Gasteiger partial charge in [-0.15, -0.1) is 0 Å². The highest BCUT2D eigenvalue weighted by atomic mass is 16.5. The molecule has 0 spiro atoms. The van der Waals surface area contributed by atoms with Crippen molar-refractivity contribution in [2.45, 2.75) is 6.42 Å². The number of methoxy groups -OCH3 is 1. The van der Waals surface area contributed by atoms with Crippen LogP contribution < -0.4 is 4.74 Å². The minimum atomic E-state index is -1.10. The average molecular weight is 413 g/mol. The number of carbonyl (C=O) groups is 3. The number of likely N-dealkylation sites (tertiary alicyclic amines) is 1. The Hall–Kier alpha value is -3.39. The Kier molecular flexibility index (Phi) is 7.03. The van der Waals surface area contributed by atoms with E-state index >= 15 is 0 Å². The van der Waals surface area contributed by atoms with E-state index in [0.717, 1.165) is 13.0 Å². The Labute approximate surface area is 174 Å². The summed E-state index contributed by atoms with van der Waals surface area (Å²) in [6.07, 6.45) is 0.868. The summed E-state index contributed by atoms with van der Waals surface area (Å²) in [7, 11) is 1.33. The number of hydrogen-bond donors (Lipinski definition) is 1. The summed E-state index contributed by atoms with van der Waals surface area (Å²) in [4.78, 5) is 37.0. The number of carbonyl (C=O) groups excluding carboxylic acids is 2. The third-order valence-electron chi connectivity index (χ3n) is 4.86. The van der Waals surface area contributed by atoms with Crippen LogP contribution >= 0.6 is 0 Å². The van der Waals surface area contributed by atoms with Crippen molar-refractivity contribution in [2.24, 2.45) is 5.92 Å². The van der Waals surface area contributed by atoms with Gasteiger partial charge in [0.1, 0.15) is 18.0 Å². The first kappa shape index (κ1) is 21.3. The summed E-state index contributed by atoms with van der Waals surface area (Å²) < 4.78 is 15.9. The highest BCUT2D eigenvalue weighted by Gasteiger charge is 2.25. The molecule has 3 rings (SSSR count). The SMILES string of the molecule is COC(=O)c1ccccc1OCC1CCN(COC(=O)c2cccc(C(=O)O)c2)C1. The lowest BCUT2D eigenvalue weighted by Crippen LogP contribution is -2.27. The van der Waals surface area contributed by atoms with Gasteiger partial charge in [0.05, 0.1) is 24.8 Å². The molecule has 158 valence electrons. The van der Waals surface area contributed by atoms with E-state index in [1.54, 1.807) is 24.3 Å². The summed E-state index contributed by atoms with van der Waals surface area (Å²) in [6.45, 7) is 1.97. The highest BCUT2D eigenvalue weighted by molar-refractivity contribution is 5.94. The number of aromatic carboxylic acids is 1. The number of hydrogen-bond acceptors (Lipinski definition) is 7. The molecule has 0 radical (unpaired) electrons. The third kappa shape index (κ3) is 5.36. The predicted octanol–water partition coefficient (Wildman–Crippen LogP) is 2.69. The number of rotatable bonds is 8. The second-order valence-electron chi connectivity index (χ2n) is 6.98. The van der Waals surface area contributed by atoms with Crippen LogP contribution in [0.25, 0.3) is 0 Å². The van der Waals surface area contributed by atoms with E-state index in [2.05, 4.69) is 0 Å². The smallest absolute Gasteiger partial charge is 0.341 e. The van der Waals surface area contributed by atoms with Crippen LogP contribution in [-0.4, -0.2) is 61.5 Å². The minimum Gasteiger partial charge on any atom is -0.492 e. The van der Waals surface area contributed by atoms with Gasteiger partial charge in [0, 0.05) is 19.0 Å². The molecule has 1 N–H and O–H groups in total. The fraction of sp³-hybridized carbons (Fsp3) is 0.318. The fourth-order valence-electron chi connectivity index (χ4n) is 3.26. The summed E-state index contributed by atoms with van der Waals surface area (Å²) >= 11 is 0. The number of ether oxygens (including phenoxy) is 3. The van der Waals surface area contributed by atoms with Crippen LogP contribution in [0.4, 0.5) is 0 Å². The summed E-state index contributed by atoms with van der Waals surface area (Å²) in [5.74, 6) is -1.40. The van der Waals surface area contributed by atoms with E-state index in [4.69, 9.17) is 19.3 Å². The van der Waals surface area contributed by atoms with Crippen molar-refractivity contribution < 1.29 is 33.7 Å². The molecule has 0 amide bonds. The molecule has 1 heterocycles. The Morgan fingerprint density at radius 3 is 2.60 bits per heavy atom. The Morgan fingerprint density at radius 1 is 1.07 bits per heavy atom. The van der Waals surface area contributed by atoms with Crippen molar-refractivity contribution in [1.82, 2.24) is 4.90 Å². The van der Waals surface area contributed by atoms with Crippen molar-refractivity contribution in [2.75, 3.05) is 33.5 Å². The molecule has 1 unspecified atom stereocenters. The van der Waals surface area contributed by atoms with Crippen LogP contribution in [0.2, 0.25) is 0 Å². The van der Waals surface area contributed by atoms with E-state index in [1.807, 2.05) is 4.90 Å². The Bertz CT molecular complexity index is 927. The molecule has 1 atom stereocenters. The third-order valence-corrected chi connectivity index (χ3v) is 4.86. The summed E-state index contributed by atoms with van der Waals surface area (Å²) in [5, 5.41) is 9.02. The van der Waals surface area contributed by atoms with Gasteiger partial charge in [-0.1, -0.05) is 18.2 Å². The van der Waals surface area contributed by atoms with Gasteiger partial charge >= 0.3 is 17.9 Å². The molecule has 0 aromatic heterocycles. The zero-order valence-corrected chi connectivity index (χ0v) is 16.6. The number of nitrogens with zero attached hydrogens (tertiary/aromatic N) is 1. The van der Waals surface area contributed by atoms with E-state index in [-0.39, 0.29) is 23.8 Å². The van der Waals surface area contributed by atoms with Crippen LogP contribution in [0.3, 0.4) is 0 Å². The molecular weight excluding hydrogens is 390 g/mol. The van der Waals surface area contributed by atoms with Gasteiger partial charge in [-0.05, 0) is 36.8 Å². The standard InChI is InChI=1S/C22H23NO7/c1-28-22(27)18-7-2-3-8-19(18)29-13-15-9-10-23(12-15)14-30-21(26)17-6-4-5-16(11-17)20(24)25/h2-8,11,15H,9-10,12-14H2,1H3,(H,24,25). The van der Waals surface area contributed by atoms with Gasteiger partial charge in [-0.2, -0.15) is 0 Å². The number of para-hydroxylation sites is 1. The molecule has 1 saturated heterocycles. The van der Waals surface area contributed by atoms with Gasteiger partial charge in [0.15, 0.2) is 0 Å². The Balaban J connectivity index is 1.47. The Morgan fingerprint density at radius 2 is 1.83 bits per heavy atom. The maximum absolute atomic E-state index is 12.2. The fourth-order valence-corrected chi connectivity index (χ4v) is 3.26. The molecule has 1 aliphatic heterocycles. The van der Waals surface area contributed by atoms with Crippen molar-refractivity contribution in [3.05, 3.63) is 65.2 Å². The molecular formula is C22H23NO7. The van der Waals surface area contributed by atoms with Gasteiger partial charge < -0.3 is 19.3 Å². The largest absolute Gasteiger partial charge is 0.492 e. The average Bonchev–Trinajstić information content (AvgIpc) is 3.23. The van der Waals surface area contributed by atoms with Crippen LogP contribution in [0.5, 0.6) is 5.75 Å². The molecule has 1 fully saturated rings. The quantitative estimate of drug-likeness (QED) is 0.659. The van der Waals surface area contributed by atoms with Crippen molar-refractivity contribution in [1.29, 1.82) is 0 Å². The normalized spacial score (nSPS) is 16.1. The number of esters is 2. The van der Waals surface area contributed by atoms with Crippen molar-refractivity contribution in [3.8, 4) is 5.75 Å². The predicted molar refractivity (Wildman–Crippen MR) is 107 cm³/mol. The molecule has 0 bridgehead atoms. The zero-order chi connectivity index (χ0) is 21.5. The molecule has 2 aromatic carbocycles. The van der Waals surface area contributed by atoms with Crippen molar-refractivity contribution >= 4 is 17.9 Å². The molecule has 0 saturated carbocycles. The summed E-state index contributed by atoms with van der Waals surface area (Å²) in [5.41, 5.74) is 0.621. The molecule has 2 aromatic rings. The topological polar surface area (TPSA) is 102 Å². The van der Waals surface area contributed by atoms with Gasteiger partial charge in [0.2, 0.25) is 0 Å². The molecule has 0 aliphatic carbocycles. The van der Waals surface area contributed by atoms with Gasteiger partial charge in [0.25, 0.3) is 0 Å². The second-order valence-corrected chi connectivity index (χ2v) is 6.98. The van der Waals surface area contributed by atoms with E-state index in [9.17, 15) is 14.4 Å². The van der Waals surface area contributed by atoms with E-state index in [0.29, 0.717) is 24.5 Å². The zero-order valence-electron chi connectivity index (χ0n) is 16.6. The maximum Gasteiger partial charge on any atom is 0.341 e. The van der Waals surface area contributed by atoms with E-state index in [1.165, 1.54) is 31.4 Å². The number of benzene rings is 2. The minimum absolute atomic E-state index is 0.0371. The first-order valence-electron chi connectivity index (χ1n) is 9.51. The molecule has 8 nitrogen and oxygen atoms in total. The molecule has 30 heavy (non-hydrogen) atoms. The first-order chi connectivity index (χ1) is 14.5. The lowest BCUT2D eigenvalue weighted by atomic mass is 10.1. The maximum atomic E-state index is 12.2. The second kappa shape index (κ2) is 9.89. The molecule has 1 aliphatic rings. The van der Waals surface area contributed by atoms with Gasteiger partial charge in [-0.3, -0.25) is 4.90 Å². The lowest BCUT2D eigenvalue weighted by molar-refractivity contribution is 0.0257. The van der Waals surface area contributed by atoms with Crippen LogP contribution in [-0.2, 0) is 9.47 Å². The van der Waals surface area contributed by atoms with Crippen molar-refractivity contribution in [3.63, 3.8) is 0 Å². The van der Waals surface area contributed by atoms with Crippen LogP contribution in [0.15, 0.2) is 48.5 Å². The van der Waals surface area contributed by atoms with Crippen LogP contribution in [0.1, 0.15) is 37.5 Å². The number of carboxylic acids is 1. The summed E-state index contributed by atoms with van der Waals surface area (Å²) in [6, 6.07) is 12.7. The highest BCUT2D eigenvalue weighted by Crippen LogP contribution is 2.22. The molecule has 8 heteroatoms.